The van der Waals surface area contributed by atoms with Crippen molar-refractivity contribution in [3.05, 3.63) is 30.5 Å². The second-order valence-electron chi connectivity index (χ2n) is 4.78. The van der Waals surface area contributed by atoms with E-state index in [0.29, 0.717) is 12.0 Å². The summed E-state index contributed by atoms with van der Waals surface area (Å²) in [7, 11) is 0. The predicted octanol–water partition coefficient (Wildman–Crippen LogP) is 2.77. The van der Waals surface area contributed by atoms with Gasteiger partial charge in [-0.15, -0.1) is 0 Å². The maximum atomic E-state index is 4.53. The van der Waals surface area contributed by atoms with Crippen molar-refractivity contribution in [2.24, 2.45) is 0 Å². The molecule has 102 valence electrons. The van der Waals surface area contributed by atoms with Crippen molar-refractivity contribution in [3.8, 4) is 0 Å². The van der Waals surface area contributed by atoms with E-state index in [9.17, 15) is 0 Å². The number of rotatable bonds is 6. The fourth-order valence-corrected chi connectivity index (χ4v) is 2.18. The first-order chi connectivity index (χ1) is 9.22. The van der Waals surface area contributed by atoms with Crippen LogP contribution in [0.4, 0.5) is 5.95 Å². The molecule has 0 amide bonds. The van der Waals surface area contributed by atoms with Gasteiger partial charge in [0.15, 0.2) is 0 Å². The van der Waals surface area contributed by atoms with Gasteiger partial charge in [-0.2, -0.15) is 0 Å². The number of anilines is 1. The second-order valence-corrected chi connectivity index (χ2v) is 4.78. The molecule has 4 nitrogen and oxygen atoms in total. The molecule has 4 heteroatoms. The van der Waals surface area contributed by atoms with E-state index in [1.54, 1.807) is 0 Å². The van der Waals surface area contributed by atoms with Crippen LogP contribution in [0.2, 0.25) is 0 Å². The Morgan fingerprint density at radius 1 is 1.21 bits per heavy atom. The van der Waals surface area contributed by atoms with Gasteiger partial charge in [-0.3, -0.25) is 0 Å². The molecule has 1 aromatic heterocycles. The van der Waals surface area contributed by atoms with Crippen molar-refractivity contribution < 1.29 is 0 Å². The number of nitrogens with one attached hydrogen (secondary N) is 1. The largest absolute Gasteiger partial charge is 0.350 e. The van der Waals surface area contributed by atoms with E-state index < -0.39 is 0 Å². The maximum absolute atomic E-state index is 4.53. The predicted molar refractivity (Wildman–Crippen MR) is 80.4 cm³/mol. The second kappa shape index (κ2) is 6.48. The Labute approximate surface area is 114 Å². The van der Waals surface area contributed by atoms with Crippen molar-refractivity contribution in [2.75, 3.05) is 25.0 Å². The van der Waals surface area contributed by atoms with Crippen molar-refractivity contribution in [2.45, 2.75) is 26.8 Å². The van der Waals surface area contributed by atoms with E-state index in [2.05, 4.69) is 41.0 Å². The summed E-state index contributed by atoms with van der Waals surface area (Å²) in [4.78, 5) is 11.3. The summed E-state index contributed by atoms with van der Waals surface area (Å²) >= 11 is 0. The van der Waals surface area contributed by atoms with Gasteiger partial charge in [0, 0.05) is 24.2 Å². The Kier molecular flexibility index (Phi) is 4.68. The van der Waals surface area contributed by atoms with Crippen LogP contribution in [0.25, 0.3) is 10.9 Å². The summed E-state index contributed by atoms with van der Waals surface area (Å²) in [5.74, 6) is 0.707. The standard InChI is InChI=1S/C15H22N4/c1-4-19(5-2)11-12(3)17-15-16-10-13-8-6-7-9-14(13)18-15/h6-10,12H,4-5,11H2,1-3H3,(H,16,17,18). The number of benzene rings is 1. The van der Waals surface area contributed by atoms with Crippen LogP contribution < -0.4 is 5.32 Å². The van der Waals surface area contributed by atoms with Gasteiger partial charge in [0.25, 0.3) is 0 Å². The third-order valence-electron chi connectivity index (χ3n) is 3.29. The molecule has 0 aliphatic rings. The van der Waals surface area contributed by atoms with Crippen LogP contribution in [0.3, 0.4) is 0 Å². The average molecular weight is 258 g/mol. The molecule has 2 aromatic rings. The summed E-state index contributed by atoms with van der Waals surface area (Å²) in [6, 6.07) is 8.37. The van der Waals surface area contributed by atoms with Gasteiger partial charge in [-0.1, -0.05) is 32.0 Å². The van der Waals surface area contributed by atoms with Crippen LogP contribution in [-0.2, 0) is 0 Å². The minimum Gasteiger partial charge on any atom is -0.350 e. The first-order valence-corrected chi connectivity index (χ1v) is 6.93. The van der Waals surface area contributed by atoms with Crippen LogP contribution in [0, 0.1) is 0 Å². The van der Waals surface area contributed by atoms with Crippen LogP contribution in [0.15, 0.2) is 30.5 Å². The lowest BCUT2D eigenvalue weighted by Crippen LogP contribution is -2.35. The van der Waals surface area contributed by atoms with Crippen molar-refractivity contribution in [3.63, 3.8) is 0 Å². The van der Waals surface area contributed by atoms with Crippen molar-refractivity contribution in [1.82, 2.24) is 14.9 Å². The highest BCUT2D eigenvalue weighted by atomic mass is 15.2. The van der Waals surface area contributed by atoms with E-state index in [0.717, 1.165) is 30.5 Å². The lowest BCUT2D eigenvalue weighted by molar-refractivity contribution is 0.294. The fourth-order valence-electron chi connectivity index (χ4n) is 2.18. The lowest BCUT2D eigenvalue weighted by Gasteiger charge is -2.23. The number of aromatic nitrogens is 2. The Morgan fingerprint density at radius 3 is 2.68 bits per heavy atom. The van der Waals surface area contributed by atoms with Crippen LogP contribution in [0.5, 0.6) is 0 Å². The number of hydrogen-bond donors (Lipinski definition) is 1. The minimum absolute atomic E-state index is 0.334. The van der Waals surface area contributed by atoms with Gasteiger partial charge < -0.3 is 10.2 Å². The van der Waals surface area contributed by atoms with Crippen molar-refractivity contribution in [1.29, 1.82) is 0 Å². The molecule has 1 N–H and O–H groups in total. The highest BCUT2D eigenvalue weighted by Gasteiger charge is 2.08. The number of likely N-dealkylation sites (N-methyl/N-ethyl adjacent to an activating group) is 1. The van der Waals surface area contributed by atoms with Gasteiger partial charge in [-0.25, -0.2) is 9.97 Å². The number of hydrogen-bond acceptors (Lipinski definition) is 4. The molecule has 1 aromatic carbocycles. The van der Waals surface area contributed by atoms with E-state index in [4.69, 9.17) is 0 Å². The van der Waals surface area contributed by atoms with E-state index in [1.807, 2.05) is 30.5 Å². The topological polar surface area (TPSA) is 41.0 Å². The fraction of sp³-hybridized carbons (Fsp3) is 0.467. The molecular formula is C15H22N4. The van der Waals surface area contributed by atoms with E-state index in [1.165, 1.54) is 0 Å². The molecule has 19 heavy (non-hydrogen) atoms. The zero-order valence-corrected chi connectivity index (χ0v) is 11.9. The van der Waals surface area contributed by atoms with E-state index in [-0.39, 0.29) is 0 Å². The molecule has 2 rings (SSSR count). The smallest absolute Gasteiger partial charge is 0.223 e. The molecule has 1 unspecified atom stereocenters. The quantitative estimate of drug-likeness (QED) is 0.865. The first-order valence-electron chi connectivity index (χ1n) is 6.93. The molecule has 0 fully saturated rings. The lowest BCUT2D eigenvalue weighted by atomic mass is 10.2. The SMILES string of the molecule is CCN(CC)CC(C)Nc1ncc2ccccc2n1. The van der Waals surface area contributed by atoms with Gasteiger partial charge in [0.2, 0.25) is 5.95 Å². The molecule has 0 aliphatic heterocycles. The van der Waals surface area contributed by atoms with Crippen LogP contribution >= 0.6 is 0 Å². The zero-order valence-electron chi connectivity index (χ0n) is 11.9. The third kappa shape index (κ3) is 3.64. The number of para-hydroxylation sites is 1. The summed E-state index contributed by atoms with van der Waals surface area (Å²) in [5.41, 5.74) is 0.982. The molecule has 0 spiro atoms. The first kappa shape index (κ1) is 13.7. The Morgan fingerprint density at radius 2 is 1.95 bits per heavy atom. The van der Waals surface area contributed by atoms with Gasteiger partial charge in [0.1, 0.15) is 0 Å². The van der Waals surface area contributed by atoms with Gasteiger partial charge in [0.05, 0.1) is 5.52 Å². The highest BCUT2D eigenvalue weighted by Crippen LogP contribution is 2.12. The summed E-state index contributed by atoms with van der Waals surface area (Å²) in [6.45, 7) is 9.67. The van der Waals surface area contributed by atoms with Gasteiger partial charge in [-0.05, 0) is 26.1 Å². The zero-order chi connectivity index (χ0) is 13.7. The van der Waals surface area contributed by atoms with Crippen molar-refractivity contribution >= 4 is 16.9 Å². The average Bonchev–Trinajstić information content (AvgIpc) is 2.44. The summed E-state index contributed by atoms with van der Waals surface area (Å²) < 4.78 is 0. The molecule has 0 saturated heterocycles. The molecule has 0 saturated carbocycles. The van der Waals surface area contributed by atoms with Crippen LogP contribution in [-0.4, -0.2) is 40.5 Å². The Balaban J connectivity index is 2.04. The Hall–Kier alpha value is -1.68. The number of nitrogens with zero attached hydrogens (tertiary/aromatic N) is 3. The molecule has 0 bridgehead atoms. The van der Waals surface area contributed by atoms with E-state index >= 15 is 0 Å². The summed E-state index contributed by atoms with van der Waals surface area (Å²) in [6.07, 6.45) is 1.87. The number of fused-ring (bicyclic) bond motifs is 1. The Bertz CT molecular complexity index is 522. The monoisotopic (exact) mass is 258 g/mol. The highest BCUT2D eigenvalue weighted by molar-refractivity contribution is 5.78. The maximum Gasteiger partial charge on any atom is 0.223 e. The third-order valence-corrected chi connectivity index (χ3v) is 3.29. The minimum atomic E-state index is 0.334. The molecule has 0 radical (unpaired) electrons. The molecule has 1 atom stereocenters. The molecule has 0 aliphatic carbocycles. The molecular weight excluding hydrogens is 236 g/mol. The van der Waals surface area contributed by atoms with Crippen LogP contribution in [0.1, 0.15) is 20.8 Å². The summed E-state index contributed by atoms with van der Waals surface area (Å²) in [5, 5.41) is 4.44. The normalized spacial score (nSPS) is 12.8. The van der Waals surface area contributed by atoms with Gasteiger partial charge >= 0.3 is 0 Å². The molecule has 1 heterocycles.